The van der Waals surface area contributed by atoms with Crippen molar-refractivity contribution in [2.24, 2.45) is 0 Å². The number of anilines is 1. The molecule has 0 saturated heterocycles. The van der Waals surface area contributed by atoms with Crippen LogP contribution >= 0.6 is 11.6 Å². The summed E-state index contributed by atoms with van der Waals surface area (Å²) >= 11 is 6.27. The van der Waals surface area contributed by atoms with Crippen molar-refractivity contribution in [3.63, 3.8) is 0 Å². The number of aryl methyl sites for hydroxylation is 1. The first-order valence-corrected chi connectivity index (χ1v) is 8.48. The topological polar surface area (TPSA) is 46.6 Å². The number of amides is 1. The van der Waals surface area contributed by atoms with E-state index in [0.29, 0.717) is 16.4 Å². The number of nitrogens with zero attached hydrogens (tertiary/aromatic N) is 1. The van der Waals surface area contributed by atoms with Crippen molar-refractivity contribution in [1.29, 1.82) is 0 Å². The van der Waals surface area contributed by atoms with Crippen LogP contribution in [0.5, 0.6) is 0 Å². The fourth-order valence-corrected chi connectivity index (χ4v) is 3.15. The van der Waals surface area contributed by atoms with E-state index in [0.717, 1.165) is 11.1 Å². The molecule has 1 aliphatic rings. The average Bonchev–Trinajstić information content (AvgIpc) is 2.87. The molecule has 132 valence electrons. The van der Waals surface area contributed by atoms with E-state index in [2.05, 4.69) is 0 Å². The maximum Gasteiger partial charge on any atom is 0.340 e. The third-order valence-electron chi connectivity index (χ3n) is 4.27. The number of allylic oxidation sites excluding steroid dienone is 1. The van der Waals surface area contributed by atoms with E-state index in [1.165, 1.54) is 12.0 Å². The zero-order valence-corrected chi connectivity index (χ0v) is 15.5. The van der Waals surface area contributed by atoms with E-state index in [1.54, 1.807) is 37.3 Å². The van der Waals surface area contributed by atoms with Crippen LogP contribution in [-0.2, 0) is 14.3 Å². The molecular weight excluding hydrogens is 350 g/mol. The summed E-state index contributed by atoms with van der Waals surface area (Å²) < 4.78 is 4.90. The standard InChI is InChI=1S/C21H18ClNO3/c1-13-8-10-15(11-9-13)12-16-19(21(25)26-3)14(2)23(20(16)24)18-7-5-4-6-17(18)22/h4-12H,1-3H3/b16-12-. The molecule has 0 atom stereocenters. The Labute approximate surface area is 157 Å². The Morgan fingerprint density at radius 1 is 1.08 bits per heavy atom. The zero-order chi connectivity index (χ0) is 18.8. The molecule has 1 amide bonds. The van der Waals surface area contributed by atoms with Crippen molar-refractivity contribution in [2.45, 2.75) is 13.8 Å². The fourth-order valence-electron chi connectivity index (χ4n) is 2.93. The number of hydrogen-bond acceptors (Lipinski definition) is 3. The largest absolute Gasteiger partial charge is 0.465 e. The summed E-state index contributed by atoms with van der Waals surface area (Å²) in [6.07, 6.45) is 1.70. The highest BCUT2D eigenvalue weighted by Crippen LogP contribution is 2.38. The Kier molecular flexibility index (Phi) is 4.96. The number of carbonyl (C=O) groups excluding carboxylic acids is 2. The van der Waals surface area contributed by atoms with Gasteiger partial charge in [-0.3, -0.25) is 9.69 Å². The number of ether oxygens (including phenoxy) is 1. The molecule has 0 N–H and O–H groups in total. The molecule has 4 nitrogen and oxygen atoms in total. The molecule has 26 heavy (non-hydrogen) atoms. The molecule has 1 aliphatic heterocycles. The van der Waals surface area contributed by atoms with Crippen LogP contribution in [0.1, 0.15) is 18.1 Å². The quantitative estimate of drug-likeness (QED) is 0.591. The molecule has 0 aromatic heterocycles. The molecule has 5 heteroatoms. The van der Waals surface area contributed by atoms with Gasteiger partial charge in [0.25, 0.3) is 5.91 Å². The van der Waals surface area contributed by atoms with Crippen molar-refractivity contribution in [1.82, 2.24) is 0 Å². The Bertz CT molecular complexity index is 942. The second-order valence-electron chi connectivity index (χ2n) is 6.01. The normalized spacial score (nSPS) is 15.8. The van der Waals surface area contributed by atoms with Gasteiger partial charge in [0.1, 0.15) is 0 Å². The van der Waals surface area contributed by atoms with E-state index in [4.69, 9.17) is 16.3 Å². The third kappa shape index (κ3) is 3.16. The lowest BCUT2D eigenvalue weighted by atomic mass is 10.0. The summed E-state index contributed by atoms with van der Waals surface area (Å²) in [6.45, 7) is 3.70. The monoisotopic (exact) mass is 367 g/mol. The van der Waals surface area contributed by atoms with Crippen LogP contribution in [0, 0.1) is 6.92 Å². The van der Waals surface area contributed by atoms with Crippen LogP contribution in [0.3, 0.4) is 0 Å². The Morgan fingerprint density at radius 2 is 1.73 bits per heavy atom. The van der Waals surface area contributed by atoms with Gasteiger partial charge >= 0.3 is 5.97 Å². The number of hydrogen-bond donors (Lipinski definition) is 0. The third-order valence-corrected chi connectivity index (χ3v) is 4.59. The number of carbonyl (C=O) groups is 2. The molecule has 3 rings (SSSR count). The first kappa shape index (κ1) is 18.0. The molecule has 2 aromatic carbocycles. The van der Waals surface area contributed by atoms with Crippen molar-refractivity contribution < 1.29 is 14.3 Å². The smallest absolute Gasteiger partial charge is 0.340 e. The molecule has 0 radical (unpaired) electrons. The summed E-state index contributed by atoms with van der Waals surface area (Å²) in [7, 11) is 1.30. The highest BCUT2D eigenvalue weighted by atomic mass is 35.5. The van der Waals surface area contributed by atoms with E-state index in [-0.39, 0.29) is 17.1 Å². The molecule has 0 fully saturated rings. The first-order chi connectivity index (χ1) is 12.4. The molecule has 0 unspecified atom stereocenters. The van der Waals surface area contributed by atoms with Gasteiger partial charge in [-0.2, -0.15) is 0 Å². The Balaban J connectivity index is 2.16. The van der Waals surface area contributed by atoms with Gasteiger partial charge in [0.2, 0.25) is 0 Å². The van der Waals surface area contributed by atoms with Crippen LogP contribution < -0.4 is 4.90 Å². The number of halogens is 1. The molecule has 1 heterocycles. The van der Waals surface area contributed by atoms with Gasteiger partial charge in [0, 0.05) is 5.70 Å². The number of esters is 1. The molecule has 2 aromatic rings. The van der Waals surface area contributed by atoms with E-state index in [9.17, 15) is 9.59 Å². The second kappa shape index (κ2) is 7.18. The Morgan fingerprint density at radius 3 is 2.35 bits per heavy atom. The molecular formula is C21H18ClNO3. The minimum Gasteiger partial charge on any atom is -0.465 e. The summed E-state index contributed by atoms with van der Waals surface area (Å²) in [5.74, 6) is -0.861. The van der Waals surface area contributed by atoms with Crippen molar-refractivity contribution >= 4 is 35.2 Å². The zero-order valence-electron chi connectivity index (χ0n) is 14.7. The van der Waals surface area contributed by atoms with Crippen LogP contribution in [0.25, 0.3) is 6.08 Å². The summed E-state index contributed by atoms with van der Waals surface area (Å²) in [6, 6.07) is 14.7. The van der Waals surface area contributed by atoms with Crippen LogP contribution in [0.4, 0.5) is 5.69 Å². The fraction of sp³-hybridized carbons (Fsp3) is 0.143. The number of methoxy groups -OCH3 is 1. The lowest BCUT2D eigenvalue weighted by Gasteiger charge is -2.19. The van der Waals surface area contributed by atoms with Gasteiger partial charge in [-0.05, 0) is 37.6 Å². The minimum absolute atomic E-state index is 0.248. The summed E-state index contributed by atoms with van der Waals surface area (Å²) in [4.78, 5) is 26.9. The molecule has 0 spiro atoms. The van der Waals surface area contributed by atoms with E-state index < -0.39 is 5.97 Å². The van der Waals surface area contributed by atoms with Gasteiger partial charge in [-0.25, -0.2) is 4.79 Å². The van der Waals surface area contributed by atoms with Gasteiger partial charge in [0.15, 0.2) is 0 Å². The minimum atomic E-state index is -0.552. The lowest BCUT2D eigenvalue weighted by Crippen LogP contribution is -2.24. The van der Waals surface area contributed by atoms with Crippen LogP contribution in [0.2, 0.25) is 5.02 Å². The predicted octanol–water partition coefficient (Wildman–Crippen LogP) is 4.53. The highest BCUT2D eigenvalue weighted by Gasteiger charge is 2.38. The Hall–Kier alpha value is -2.85. The van der Waals surface area contributed by atoms with Crippen LogP contribution in [0.15, 0.2) is 65.4 Å². The summed E-state index contributed by atoms with van der Waals surface area (Å²) in [5, 5.41) is 0.431. The lowest BCUT2D eigenvalue weighted by molar-refractivity contribution is -0.136. The first-order valence-electron chi connectivity index (χ1n) is 8.11. The number of para-hydroxylation sites is 1. The van der Waals surface area contributed by atoms with Crippen molar-refractivity contribution in [3.8, 4) is 0 Å². The van der Waals surface area contributed by atoms with Gasteiger partial charge in [-0.15, -0.1) is 0 Å². The number of benzene rings is 2. The molecule has 0 aliphatic carbocycles. The average molecular weight is 368 g/mol. The predicted molar refractivity (Wildman–Crippen MR) is 103 cm³/mol. The SMILES string of the molecule is COC(=O)C1=C(C)N(c2ccccc2Cl)C(=O)/C1=C\c1ccc(C)cc1. The van der Waals surface area contributed by atoms with E-state index >= 15 is 0 Å². The van der Waals surface area contributed by atoms with Gasteiger partial charge in [-0.1, -0.05) is 53.6 Å². The maximum absolute atomic E-state index is 13.1. The second-order valence-corrected chi connectivity index (χ2v) is 6.42. The van der Waals surface area contributed by atoms with Crippen molar-refractivity contribution in [3.05, 3.63) is 81.5 Å². The van der Waals surface area contributed by atoms with Crippen molar-refractivity contribution in [2.75, 3.05) is 12.0 Å². The number of rotatable bonds is 3. The molecule has 0 saturated carbocycles. The van der Waals surface area contributed by atoms with Gasteiger partial charge in [0.05, 0.1) is 29.0 Å². The molecule has 0 bridgehead atoms. The highest BCUT2D eigenvalue weighted by molar-refractivity contribution is 6.35. The summed E-state index contributed by atoms with van der Waals surface area (Å²) in [5.41, 5.74) is 3.51. The maximum atomic E-state index is 13.1. The van der Waals surface area contributed by atoms with E-state index in [1.807, 2.05) is 31.2 Å². The van der Waals surface area contributed by atoms with Gasteiger partial charge < -0.3 is 4.74 Å². The van der Waals surface area contributed by atoms with Crippen LogP contribution in [-0.4, -0.2) is 19.0 Å².